The molecular formula is C12H23NO2. The number of hydrogen-bond donors (Lipinski definition) is 1. The lowest BCUT2D eigenvalue weighted by atomic mass is 9.83. The lowest BCUT2D eigenvalue weighted by Gasteiger charge is -2.34. The number of aliphatic carboxylic acids is 1. The van der Waals surface area contributed by atoms with Crippen LogP contribution in [0.25, 0.3) is 0 Å². The van der Waals surface area contributed by atoms with Crippen LogP contribution < -0.4 is 0 Å². The average molecular weight is 213 g/mol. The van der Waals surface area contributed by atoms with E-state index in [1.165, 1.54) is 19.3 Å². The topological polar surface area (TPSA) is 40.5 Å². The van der Waals surface area contributed by atoms with E-state index in [-0.39, 0.29) is 0 Å². The normalized spacial score (nSPS) is 21.1. The Morgan fingerprint density at radius 3 is 2.47 bits per heavy atom. The van der Waals surface area contributed by atoms with Crippen molar-refractivity contribution < 1.29 is 9.90 Å². The van der Waals surface area contributed by atoms with Crippen molar-refractivity contribution >= 4 is 5.97 Å². The van der Waals surface area contributed by atoms with Crippen molar-refractivity contribution in [2.75, 3.05) is 20.1 Å². The van der Waals surface area contributed by atoms with Gasteiger partial charge in [0.05, 0.1) is 5.41 Å². The molecule has 0 radical (unpaired) electrons. The fraction of sp³-hybridized carbons (Fsp3) is 0.917. The van der Waals surface area contributed by atoms with Crippen LogP contribution in [0.1, 0.15) is 39.5 Å². The Balaban J connectivity index is 2.39. The van der Waals surface area contributed by atoms with Gasteiger partial charge in [-0.1, -0.05) is 13.3 Å². The SMILES string of the molecule is CCC(C)(CN(C)CC1CCC1)C(=O)O. The lowest BCUT2D eigenvalue weighted by molar-refractivity contribution is -0.149. The molecule has 0 aromatic carbocycles. The van der Waals surface area contributed by atoms with Crippen LogP contribution >= 0.6 is 0 Å². The first kappa shape index (κ1) is 12.5. The number of carboxylic acid groups (broad SMARTS) is 1. The maximum Gasteiger partial charge on any atom is 0.310 e. The molecule has 0 spiro atoms. The molecule has 1 N–H and O–H groups in total. The largest absolute Gasteiger partial charge is 0.481 e. The van der Waals surface area contributed by atoms with Gasteiger partial charge in [-0.15, -0.1) is 0 Å². The van der Waals surface area contributed by atoms with Gasteiger partial charge in [0.25, 0.3) is 0 Å². The molecule has 1 fully saturated rings. The van der Waals surface area contributed by atoms with Crippen LogP contribution in [0.15, 0.2) is 0 Å². The predicted octanol–water partition coefficient (Wildman–Crippen LogP) is 2.22. The molecule has 1 unspecified atom stereocenters. The van der Waals surface area contributed by atoms with E-state index in [9.17, 15) is 4.79 Å². The molecule has 0 aromatic rings. The minimum atomic E-state index is -0.676. The fourth-order valence-electron chi connectivity index (χ4n) is 2.11. The molecule has 88 valence electrons. The Labute approximate surface area is 92.5 Å². The Morgan fingerprint density at radius 1 is 1.53 bits per heavy atom. The Kier molecular flexibility index (Phi) is 4.14. The number of nitrogens with zero attached hydrogens (tertiary/aromatic N) is 1. The molecule has 0 heterocycles. The van der Waals surface area contributed by atoms with Gasteiger partial charge in [-0.25, -0.2) is 0 Å². The molecule has 1 atom stereocenters. The maximum atomic E-state index is 11.1. The van der Waals surface area contributed by atoms with Crippen LogP contribution in [0.4, 0.5) is 0 Å². The van der Waals surface area contributed by atoms with E-state index in [4.69, 9.17) is 5.11 Å². The van der Waals surface area contributed by atoms with E-state index in [1.54, 1.807) is 0 Å². The van der Waals surface area contributed by atoms with E-state index in [1.807, 2.05) is 20.9 Å². The van der Waals surface area contributed by atoms with Gasteiger partial charge in [0.1, 0.15) is 0 Å². The highest BCUT2D eigenvalue weighted by Gasteiger charge is 2.33. The third-order valence-electron chi connectivity index (χ3n) is 3.71. The number of rotatable bonds is 6. The van der Waals surface area contributed by atoms with Crippen LogP contribution in [0.2, 0.25) is 0 Å². The van der Waals surface area contributed by atoms with E-state index in [0.717, 1.165) is 12.5 Å². The summed E-state index contributed by atoms with van der Waals surface area (Å²) in [5.41, 5.74) is -0.585. The Morgan fingerprint density at radius 2 is 2.13 bits per heavy atom. The van der Waals surface area contributed by atoms with Crippen LogP contribution in [-0.2, 0) is 4.79 Å². The summed E-state index contributed by atoms with van der Waals surface area (Å²) in [7, 11) is 2.04. The van der Waals surface area contributed by atoms with Gasteiger partial charge in [0, 0.05) is 13.1 Å². The third-order valence-corrected chi connectivity index (χ3v) is 3.71. The van der Waals surface area contributed by atoms with Crippen LogP contribution in [-0.4, -0.2) is 36.1 Å². The Hall–Kier alpha value is -0.570. The van der Waals surface area contributed by atoms with Gasteiger partial charge in [-0.2, -0.15) is 0 Å². The monoisotopic (exact) mass is 213 g/mol. The first-order chi connectivity index (χ1) is 6.98. The molecule has 1 saturated carbocycles. The molecule has 3 heteroatoms. The molecule has 15 heavy (non-hydrogen) atoms. The molecule has 1 aliphatic rings. The van der Waals surface area contributed by atoms with Gasteiger partial charge < -0.3 is 10.0 Å². The molecule has 0 bridgehead atoms. The molecular weight excluding hydrogens is 190 g/mol. The van der Waals surface area contributed by atoms with Crippen molar-refractivity contribution in [1.29, 1.82) is 0 Å². The maximum absolute atomic E-state index is 11.1. The molecule has 0 aliphatic heterocycles. The molecule has 1 rings (SSSR count). The van der Waals surface area contributed by atoms with Crippen molar-refractivity contribution in [1.82, 2.24) is 4.90 Å². The molecule has 3 nitrogen and oxygen atoms in total. The van der Waals surface area contributed by atoms with E-state index in [2.05, 4.69) is 4.90 Å². The highest BCUT2D eigenvalue weighted by atomic mass is 16.4. The Bertz CT molecular complexity index is 226. The lowest BCUT2D eigenvalue weighted by Crippen LogP contribution is -2.41. The second-order valence-electron chi connectivity index (χ2n) is 5.21. The fourth-order valence-corrected chi connectivity index (χ4v) is 2.11. The summed E-state index contributed by atoms with van der Waals surface area (Å²) in [6, 6.07) is 0. The van der Waals surface area contributed by atoms with Crippen molar-refractivity contribution in [3.8, 4) is 0 Å². The zero-order valence-corrected chi connectivity index (χ0v) is 10.1. The predicted molar refractivity (Wildman–Crippen MR) is 60.9 cm³/mol. The molecule has 0 aromatic heterocycles. The quantitative estimate of drug-likeness (QED) is 0.735. The zero-order chi connectivity index (χ0) is 11.5. The summed E-state index contributed by atoms with van der Waals surface area (Å²) in [5, 5.41) is 9.16. The van der Waals surface area contributed by atoms with Gasteiger partial charge >= 0.3 is 5.97 Å². The van der Waals surface area contributed by atoms with Crippen molar-refractivity contribution in [2.24, 2.45) is 11.3 Å². The van der Waals surface area contributed by atoms with Gasteiger partial charge in [0.2, 0.25) is 0 Å². The zero-order valence-electron chi connectivity index (χ0n) is 10.1. The van der Waals surface area contributed by atoms with Crippen molar-refractivity contribution in [3.05, 3.63) is 0 Å². The highest BCUT2D eigenvalue weighted by Crippen LogP contribution is 2.28. The summed E-state index contributed by atoms with van der Waals surface area (Å²) < 4.78 is 0. The van der Waals surface area contributed by atoms with Crippen LogP contribution in [0.5, 0.6) is 0 Å². The van der Waals surface area contributed by atoms with Gasteiger partial charge in [0.15, 0.2) is 0 Å². The molecule has 0 amide bonds. The number of carboxylic acids is 1. The van der Waals surface area contributed by atoms with E-state index >= 15 is 0 Å². The van der Waals surface area contributed by atoms with Crippen molar-refractivity contribution in [2.45, 2.75) is 39.5 Å². The standard InChI is InChI=1S/C12H23NO2/c1-4-12(2,11(14)15)9-13(3)8-10-6-5-7-10/h10H,4-9H2,1-3H3,(H,14,15). The second-order valence-corrected chi connectivity index (χ2v) is 5.21. The molecule has 1 aliphatic carbocycles. The van der Waals surface area contributed by atoms with E-state index in [0.29, 0.717) is 13.0 Å². The third kappa shape index (κ3) is 3.20. The van der Waals surface area contributed by atoms with Crippen LogP contribution in [0, 0.1) is 11.3 Å². The smallest absolute Gasteiger partial charge is 0.310 e. The number of hydrogen-bond acceptors (Lipinski definition) is 2. The average Bonchev–Trinajstić information content (AvgIpc) is 2.11. The van der Waals surface area contributed by atoms with E-state index < -0.39 is 11.4 Å². The van der Waals surface area contributed by atoms with Crippen molar-refractivity contribution in [3.63, 3.8) is 0 Å². The first-order valence-corrected chi connectivity index (χ1v) is 5.90. The van der Waals surface area contributed by atoms with Gasteiger partial charge in [-0.3, -0.25) is 4.79 Å². The number of carbonyl (C=O) groups is 1. The second kappa shape index (κ2) is 4.97. The summed E-state index contributed by atoms with van der Waals surface area (Å²) in [5.74, 6) is 0.135. The molecule has 0 saturated heterocycles. The summed E-state index contributed by atoms with van der Waals surface area (Å²) in [6.07, 6.45) is 4.68. The minimum absolute atomic E-state index is 0.585. The summed E-state index contributed by atoms with van der Waals surface area (Å²) >= 11 is 0. The van der Waals surface area contributed by atoms with Gasteiger partial charge in [-0.05, 0) is 39.2 Å². The van der Waals surface area contributed by atoms with Crippen LogP contribution in [0.3, 0.4) is 0 Å². The highest BCUT2D eigenvalue weighted by molar-refractivity contribution is 5.74. The summed E-state index contributed by atoms with van der Waals surface area (Å²) in [6.45, 7) is 5.51. The first-order valence-electron chi connectivity index (χ1n) is 5.90. The minimum Gasteiger partial charge on any atom is -0.481 e. The summed E-state index contributed by atoms with van der Waals surface area (Å²) in [4.78, 5) is 13.3.